The highest BCUT2D eigenvalue weighted by molar-refractivity contribution is 14.0. The molecule has 0 amide bonds. The summed E-state index contributed by atoms with van der Waals surface area (Å²) in [6.45, 7) is 5.72. The normalized spacial score (nSPS) is 16.5. The molecule has 0 bridgehead atoms. The van der Waals surface area contributed by atoms with Crippen molar-refractivity contribution in [1.29, 1.82) is 0 Å². The maximum atomic E-state index is 5.69. The van der Waals surface area contributed by atoms with Gasteiger partial charge in [-0.3, -0.25) is 4.99 Å². The van der Waals surface area contributed by atoms with Crippen LogP contribution in [-0.4, -0.2) is 43.7 Å². The van der Waals surface area contributed by atoms with E-state index in [1.165, 1.54) is 5.56 Å². The number of aliphatic imine (C=N–C) groups is 1. The number of hydrogen-bond acceptors (Lipinski definition) is 2. The van der Waals surface area contributed by atoms with Crippen LogP contribution in [0.1, 0.15) is 25.3 Å². The fraction of sp³-hybridized carbons (Fsp3) is 0.562. The second kappa shape index (κ2) is 10.00. The molecule has 1 aromatic rings. The van der Waals surface area contributed by atoms with Crippen molar-refractivity contribution >= 4 is 29.9 Å². The fourth-order valence-electron chi connectivity index (χ4n) is 2.58. The standard InChI is InChI=1S/C16H25N3O.HI/c1-3-20-15-9-11-19(12-10-15)16(17-2)18-13-14-7-5-4-6-8-14;/h4-8,15H,3,9-13H2,1-2H3,(H,17,18);1H. The van der Waals surface area contributed by atoms with Gasteiger partial charge in [0.15, 0.2) is 5.96 Å². The summed E-state index contributed by atoms with van der Waals surface area (Å²) in [6, 6.07) is 10.4. The average Bonchev–Trinajstić information content (AvgIpc) is 2.51. The van der Waals surface area contributed by atoms with Gasteiger partial charge in [0.2, 0.25) is 0 Å². The predicted molar refractivity (Wildman–Crippen MR) is 98.3 cm³/mol. The number of piperidine rings is 1. The number of ether oxygens (including phenoxy) is 1. The van der Waals surface area contributed by atoms with Crippen LogP contribution in [0, 0.1) is 0 Å². The smallest absolute Gasteiger partial charge is 0.193 e. The molecular formula is C16H26IN3O. The Kier molecular flexibility index (Phi) is 8.68. The van der Waals surface area contributed by atoms with E-state index in [-0.39, 0.29) is 24.0 Å². The van der Waals surface area contributed by atoms with Crippen LogP contribution in [0.2, 0.25) is 0 Å². The molecule has 4 nitrogen and oxygen atoms in total. The van der Waals surface area contributed by atoms with E-state index in [1.807, 2.05) is 13.1 Å². The molecule has 1 heterocycles. The molecule has 0 unspecified atom stereocenters. The summed E-state index contributed by atoms with van der Waals surface area (Å²) in [6.07, 6.45) is 2.59. The predicted octanol–water partition coefficient (Wildman–Crippen LogP) is 2.88. The van der Waals surface area contributed by atoms with Crippen LogP contribution in [0.5, 0.6) is 0 Å². The van der Waals surface area contributed by atoms with Gasteiger partial charge in [0.05, 0.1) is 6.10 Å². The third-order valence-electron chi connectivity index (χ3n) is 3.65. The van der Waals surface area contributed by atoms with Crippen molar-refractivity contribution in [3.63, 3.8) is 0 Å². The van der Waals surface area contributed by atoms with E-state index in [9.17, 15) is 0 Å². The molecular weight excluding hydrogens is 377 g/mol. The second-order valence-electron chi connectivity index (χ2n) is 5.03. The molecule has 1 fully saturated rings. The zero-order valence-electron chi connectivity index (χ0n) is 12.9. The lowest BCUT2D eigenvalue weighted by atomic mass is 10.1. The van der Waals surface area contributed by atoms with Crippen molar-refractivity contribution in [3.05, 3.63) is 35.9 Å². The van der Waals surface area contributed by atoms with Crippen LogP contribution in [0.3, 0.4) is 0 Å². The highest BCUT2D eigenvalue weighted by Gasteiger charge is 2.21. The number of benzene rings is 1. The van der Waals surface area contributed by atoms with Crippen molar-refractivity contribution in [2.75, 3.05) is 26.7 Å². The van der Waals surface area contributed by atoms with Crippen molar-refractivity contribution in [2.45, 2.75) is 32.4 Å². The first kappa shape index (κ1) is 18.2. The number of guanidine groups is 1. The van der Waals surface area contributed by atoms with Gasteiger partial charge in [0, 0.05) is 33.3 Å². The van der Waals surface area contributed by atoms with Crippen LogP contribution < -0.4 is 5.32 Å². The van der Waals surface area contributed by atoms with E-state index in [0.29, 0.717) is 6.10 Å². The van der Waals surface area contributed by atoms with Gasteiger partial charge in [-0.05, 0) is 25.3 Å². The molecule has 1 saturated heterocycles. The third kappa shape index (κ3) is 5.82. The summed E-state index contributed by atoms with van der Waals surface area (Å²) in [5, 5.41) is 3.44. The lowest BCUT2D eigenvalue weighted by molar-refractivity contribution is 0.0263. The van der Waals surface area contributed by atoms with Crippen LogP contribution in [0.4, 0.5) is 0 Å². The number of rotatable bonds is 4. The van der Waals surface area contributed by atoms with E-state index < -0.39 is 0 Å². The molecule has 0 saturated carbocycles. The van der Waals surface area contributed by atoms with E-state index in [4.69, 9.17) is 4.74 Å². The Bertz CT molecular complexity index is 417. The highest BCUT2D eigenvalue weighted by atomic mass is 127. The quantitative estimate of drug-likeness (QED) is 0.477. The maximum absolute atomic E-state index is 5.69. The Labute approximate surface area is 145 Å². The Balaban J connectivity index is 0.00000220. The van der Waals surface area contributed by atoms with Gasteiger partial charge >= 0.3 is 0 Å². The summed E-state index contributed by atoms with van der Waals surface area (Å²) >= 11 is 0. The molecule has 21 heavy (non-hydrogen) atoms. The van der Waals surface area contributed by atoms with Gasteiger partial charge < -0.3 is 15.0 Å². The lowest BCUT2D eigenvalue weighted by Crippen LogP contribution is -2.46. The van der Waals surface area contributed by atoms with Crippen LogP contribution in [-0.2, 0) is 11.3 Å². The molecule has 0 spiro atoms. The zero-order chi connectivity index (χ0) is 14.2. The minimum absolute atomic E-state index is 0. The summed E-state index contributed by atoms with van der Waals surface area (Å²) in [5.74, 6) is 0.990. The van der Waals surface area contributed by atoms with Crippen molar-refractivity contribution in [2.24, 2.45) is 4.99 Å². The molecule has 0 atom stereocenters. The summed E-state index contributed by atoms with van der Waals surface area (Å²) in [5.41, 5.74) is 1.28. The van der Waals surface area contributed by atoms with E-state index >= 15 is 0 Å². The average molecular weight is 403 g/mol. The lowest BCUT2D eigenvalue weighted by Gasteiger charge is -2.34. The van der Waals surface area contributed by atoms with Gasteiger partial charge in [-0.2, -0.15) is 0 Å². The number of hydrogen-bond donors (Lipinski definition) is 1. The summed E-state index contributed by atoms with van der Waals surface area (Å²) < 4.78 is 5.69. The van der Waals surface area contributed by atoms with Crippen LogP contribution in [0.15, 0.2) is 35.3 Å². The molecule has 0 aliphatic carbocycles. The van der Waals surface area contributed by atoms with Crippen molar-refractivity contribution in [1.82, 2.24) is 10.2 Å². The Morgan fingerprint density at radius 2 is 1.95 bits per heavy atom. The van der Waals surface area contributed by atoms with Crippen LogP contribution in [0.25, 0.3) is 0 Å². The molecule has 0 radical (unpaired) electrons. The van der Waals surface area contributed by atoms with Crippen LogP contribution >= 0.6 is 24.0 Å². The Morgan fingerprint density at radius 3 is 2.52 bits per heavy atom. The van der Waals surface area contributed by atoms with E-state index in [1.54, 1.807) is 0 Å². The number of nitrogens with zero attached hydrogens (tertiary/aromatic N) is 2. The molecule has 1 aliphatic heterocycles. The second-order valence-corrected chi connectivity index (χ2v) is 5.03. The minimum Gasteiger partial charge on any atom is -0.378 e. The monoisotopic (exact) mass is 403 g/mol. The molecule has 2 rings (SSSR count). The molecule has 118 valence electrons. The topological polar surface area (TPSA) is 36.9 Å². The van der Waals surface area contributed by atoms with Crippen molar-refractivity contribution < 1.29 is 4.74 Å². The Hall–Kier alpha value is -0.820. The SMILES string of the molecule is CCOC1CCN(C(=NC)NCc2ccccc2)CC1.I. The van der Waals surface area contributed by atoms with Gasteiger partial charge in [-0.15, -0.1) is 24.0 Å². The van der Waals surface area contributed by atoms with E-state index in [0.717, 1.165) is 45.0 Å². The molecule has 5 heteroatoms. The molecule has 0 aromatic heterocycles. The van der Waals surface area contributed by atoms with Gasteiger partial charge in [0.25, 0.3) is 0 Å². The highest BCUT2D eigenvalue weighted by Crippen LogP contribution is 2.13. The fourth-order valence-corrected chi connectivity index (χ4v) is 2.58. The first-order valence-electron chi connectivity index (χ1n) is 7.44. The first-order chi connectivity index (χ1) is 9.83. The van der Waals surface area contributed by atoms with Gasteiger partial charge in [-0.1, -0.05) is 30.3 Å². The first-order valence-corrected chi connectivity index (χ1v) is 7.44. The zero-order valence-corrected chi connectivity index (χ0v) is 15.2. The number of likely N-dealkylation sites (tertiary alicyclic amines) is 1. The largest absolute Gasteiger partial charge is 0.378 e. The molecule has 1 aromatic carbocycles. The molecule has 1 aliphatic rings. The minimum atomic E-state index is 0. The van der Waals surface area contributed by atoms with Gasteiger partial charge in [-0.25, -0.2) is 0 Å². The van der Waals surface area contributed by atoms with Crippen molar-refractivity contribution in [3.8, 4) is 0 Å². The number of nitrogens with one attached hydrogen (secondary N) is 1. The third-order valence-corrected chi connectivity index (χ3v) is 3.65. The summed E-state index contributed by atoms with van der Waals surface area (Å²) in [7, 11) is 1.85. The number of halogens is 1. The maximum Gasteiger partial charge on any atom is 0.193 e. The molecule has 1 N–H and O–H groups in total. The van der Waals surface area contributed by atoms with E-state index in [2.05, 4.69) is 46.4 Å². The van der Waals surface area contributed by atoms with Gasteiger partial charge in [0.1, 0.15) is 0 Å². The summed E-state index contributed by atoms with van der Waals surface area (Å²) in [4.78, 5) is 6.71. The Morgan fingerprint density at radius 1 is 1.29 bits per heavy atom.